The first-order chi connectivity index (χ1) is 15.9. The van der Waals surface area contributed by atoms with Gasteiger partial charge in [0.25, 0.3) is 5.56 Å². The number of hydrogen-bond donors (Lipinski definition) is 1. The number of aryl methyl sites for hydroxylation is 1. The minimum absolute atomic E-state index is 0.0287. The highest BCUT2D eigenvalue weighted by Gasteiger charge is 2.34. The zero-order chi connectivity index (χ0) is 23.7. The van der Waals surface area contributed by atoms with Gasteiger partial charge in [-0.25, -0.2) is 0 Å². The van der Waals surface area contributed by atoms with Gasteiger partial charge in [0.15, 0.2) is 11.5 Å². The lowest BCUT2D eigenvalue weighted by Crippen LogP contribution is -2.33. The lowest BCUT2D eigenvalue weighted by atomic mass is 9.84. The van der Waals surface area contributed by atoms with Crippen molar-refractivity contribution in [3.63, 3.8) is 0 Å². The summed E-state index contributed by atoms with van der Waals surface area (Å²) in [6.45, 7) is 2.17. The van der Waals surface area contributed by atoms with E-state index in [0.717, 1.165) is 5.56 Å². The molecular formula is C25H22ClN3O4. The van der Waals surface area contributed by atoms with E-state index in [4.69, 9.17) is 31.5 Å². The number of allylic oxidation sites excluding steroid dienone is 1. The molecule has 0 amide bonds. The molecule has 168 valence electrons. The van der Waals surface area contributed by atoms with Gasteiger partial charge in [0.1, 0.15) is 17.4 Å². The third-order valence-electron chi connectivity index (χ3n) is 5.68. The molecule has 0 aliphatic carbocycles. The first-order valence-corrected chi connectivity index (χ1v) is 10.5. The maximum Gasteiger partial charge on any atom is 0.259 e. The van der Waals surface area contributed by atoms with E-state index in [9.17, 15) is 10.1 Å². The van der Waals surface area contributed by atoms with Gasteiger partial charge in [-0.05, 0) is 42.3 Å². The van der Waals surface area contributed by atoms with Crippen LogP contribution in [0.5, 0.6) is 17.2 Å². The second kappa shape index (κ2) is 8.93. The number of fused-ring (bicyclic) bond motifs is 1. The molecular weight excluding hydrogens is 442 g/mol. The number of nitrogens with zero attached hydrogens (tertiary/aromatic N) is 2. The number of ether oxygens (including phenoxy) is 3. The van der Waals surface area contributed by atoms with Crippen molar-refractivity contribution in [1.82, 2.24) is 4.57 Å². The highest BCUT2D eigenvalue weighted by molar-refractivity contribution is 6.30. The zero-order valence-corrected chi connectivity index (χ0v) is 19.1. The molecule has 7 nitrogen and oxygen atoms in total. The third-order valence-corrected chi connectivity index (χ3v) is 5.94. The van der Waals surface area contributed by atoms with E-state index < -0.39 is 5.92 Å². The molecule has 2 N–H and O–H groups in total. The van der Waals surface area contributed by atoms with E-state index in [-0.39, 0.29) is 17.0 Å². The molecule has 1 aliphatic rings. The van der Waals surface area contributed by atoms with E-state index in [1.165, 1.54) is 14.2 Å². The van der Waals surface area contributed by atoms with Gasteiger partial charge in [0.05, 0.1) is 32.2 Å². The molecule has 2 heterocycles. The molecule has 1 aromatic heterocycles. The smallest absolute Gasteiger partial charge is 0.259 e. The Morgan fingerprint density at radius 3 is 2.45 bits per heavy atom. The number of rotatable bonds is 5. The lowest BCUT2D eigenvalue weighted by molar-refractivity contribution is 0.354. The maximum absolute atomic E-state index is 13.8. The predicted octanol–water partition coefficient (Wildman–Crippen LogP) is 4.09. The largest absolute Gasteiger partial charge is 0.493 e. The fraction of sp³-hybridized carbons (Fsp3) is 0.200. The Morgan fingerprint density at radius 1 is 1.12 bits per heavy atom. The molecule has 0 unspecified atom stereocenters. The Balaban J connectivity index is 1.91. The van der Waals surface area contributed by atoms with Crippen LogP contribution in [0.25, 0.3) is 0 Å². The van der Waals surface area contributed by atoms with Crippen LogP contribution in [0.15, 0.2) is 64.8 Å². The molecule has 33 heavy (non-hydrogen) atoms. The van der Waals surface area contributed by atoms with Crippen LogP contribution >= 0.6 is 11.6 Å². The van der Waals surface area contributed by atoms with Gasteiger partial charge in [-0.15, -0.1) is 0 Å². The number of pyridine rings is 1. The summed E-state index contributed by atoms with van der Waals surface area (Å²) in [5.41, 5.74) is 8.61. The first-order valence-electron chi connectivity index (χ1n) is 10.2. The van der Waals surface area contributed by atoms with Crippen molar-refractivity contribution in [2.24, 2.45) is 5.73 Å². The van der Waals surface area contributed by atoms with Crippen molar-refractivity contribution in [2.75, 3.05) is 14.2 Å². The van der Waals surface area contributed by atoms with Gasteiger partial charge in [0, 0.05) is 16.8 Å². The number of nitriles is 1. The summed E-state index contributed by atoms with van der Waals surface area (Å²) in [6, 6.07) is 16.4. The molecule has 0 saturated heterocycles. The Bertz CT molecular complexity index is 1350. The zero-order valence-electron chi connectivity index (χ0n) is 18.4. The van der Waals surface area contributed by atoms with Crippen molar-refractivity contribution in [1.29, 1.82) is 5.26 Å². The molecule has 8 heteroatoms. The van der Waals surface area contributed by atoms with Crippen LogP contribution in [-0.4, -0.2) is 18.8 Å². The van der Waals surface area contributed by atoms with Crippen LogP contribution in [0, 0.1) is 18.3 Å². The Labute approximate surface area is 196 Å². The topological polar surface area (TPSA) is 99.5 Å². The van der Waals surface area contributed by atoms with Gasteiger partial charge in [-0.2, -0.15) is 5.26 Å². The molecule has 0 radical (unpaired) electrons. The van der Waals surface area contributed by atoms with Crippen molar-refractivity contribution in [2.45, 2.75) is 19.4 Å². The molecule has 2 aromatic carbocycles. The van der Waals surface area contributed by atoms with Crippen LogP contribution in [0.3, 0.4) is 0 Å². The monoisotopic (exact) mass is 463 g/mol. The molecule has 3 aromatic rings. The van der Waals surface area contributed by atoms with Gasteiger partial charge < -0.3 is 24.5 Å². The third kappa shape index (κ3) is 4.01. The summed E-state index contributed by atoms with van der Waals surface area (Å²) in [7, 11) is 3.06. The Hall–Kier alpha value is -3.89. The average molecular weight is 464 g/mol. The summed E-state index contributed by atoms with van der Waals surface area (Å²) in [5.74, 6) is 0.601. The van der Waals surface area contributed by atoms with Crippen LogP contribution in [0.2, 0.25) is 5.02 Å². The molecule has 1 atom stereocenters. The van der Waals surface area contributed by atoms with E-state index in [0.29, 0.717) is 45.6 Å². The number of benzene rings is 2. The van der Waals surface area contributed by atoms with E-state index in [1.54, 1.807) is 41.0 Å². The minimum Gasteiger partial charge on any atom is -0.493 e. The average Bonchev–Trinajstić information content (AvgIpc) is 2.81. The van der Waals surface area contributed by atoms with Crippen molar-refractivity contribution in [3.05, 3.63) is 97.7 Å². The second-order valence-corrected chi connectivity index (χ2v) is 8.06. The van der Waals surface area contributed by atoms with Crippen LogP contribution < -0.4 is 25.5 Å². The maximum atomic E-state index is 13.8. The van der Waals surface area contributed by atoms with Crippen molar-refractivity contribution < 1.29 is 14.2 Å². The standard InChI is InChI=1S/C25H22ClN3O4/c1-14-10-21-23(25(30)29(14)13-15-4-7-17(26)8-5-15)22(18(12-27)24(28)33-21)16-6-9-19(31-2)20(11-16)32-3/h4-11,22H,13,28H2,1-3H3/t22-/m0/s1. The molecule has 0 bridgehead atoms. The molecule has 0 spiro atoms. The predicted molar refractivity (Wildman–Crippen MR) is 125 cm³/mol. The Kier molecular flexibility index (Phi) is 6.03. The summed E-state index contributed by atoms with van der Waals surface area (Å²) < 4.78 is 18.1. The second-order valence-electron chi connectivity index (χ2n) is 7.62. The van der Waals surface area contributed by atoms with Gasteiger partial charge in [-0.3, -0.25) is 4.79 Å². The van der Waals surface area contributed by atoms with Gasteiger partial charge in [0.2, 0.25) is 5.88 Å². The first kappa shape index (κ1) is 22.3. The number of aromatic nitrogens is 1. The summed E-state index contributed by atoms with van der Waals surface area (Å²) in [5, 5.41) is 10.5. The fourth-order valence-corrected chi connectivity index (χ4v) is 4.15. The lowest BCUT2D eigenvalue weighted by Gasteiger charge is -2.27. The van der Waals surface area contributed by atoms with Gasteiger partial charge >= 0.3 is 0 Å². The summed E-state index contributed by atoms with van der Waals surface area (Å²) in [4.78, 5) is 13.8. The van der Waals surface area contributed by atoms with Crippen molar-refractivity contribution >= 4 is 11.6 Å². The highest BCUT2D eigenvalue weighted by atomic mass is 35.5. The highest BCUT2D eigenvalue weighted by Crippen LogP contribution is 2.42. The van der Waals surface area contributed by atoms with Crippen LogP contribution in [0.4, 0.5) is 0 Å². The SMILES string of the molecule is COc1ccc([C@H]2C(C#N)=C(N)Oc3cc(C)n(Cc4ccc(Cl)cc4)c(=O)c32)cc1OC. The number of hydrogen-bond acceptors (Lipinski definition) is 6. The number of nitrogens with two attached hydrogens (primary N) is 1. The van der Waals surface area contributed by atoms with Gasteiger partial charge in [-0.1, -0.05) is 29.8 Å². The number of methoxy groups -OCH3 is 2. The molecule has 1 aliphatic heterocycles. The molecule has 0 fully saturated rings. The molecule has 0 saturated carbocycles. The number of halogens is 1. The van der Waals surface area contributed by atoms with E-state index in [1.807, 2.05) is 19.1 Å². The normalized spacial score (nSPS) is 14.8. The quantitative estimate of drug-likeness (QED) is 0.611. The van der Waals surface area contributed by atoms with E-state index in [2.05, 4.69) is 6.07 Å². The molecule has 4 rings (SSSR count). The fourth-order valence-electron chi connectivity index (χ4n) is 4.02. The van der Waals surface area contributed by atoms with Crippen LogP contribution in [0.1, 0.15) is 28.3 Å². The Morgan fingerprint density at radius 2 is 1.82 bits per heavy atom. The summed E-state index contributed by atoms with van der Waals surface area (Å²) >= 11 is 6.00. The minimum atomic E-state index is -0.719. The summed E-state index contributed by atoms with van der Waals surface area (Å²) in [6.07, 6.45) is 0. The van der Waals surface area contributed by atoms with Crippen LogP contribution in [-0.2, 0) is 6.54 Å². The van der Waals surface area contributed by atoms with E-state index >= 15 is 0 Å². The van der Waals surface area contributed by atoms with Crippen molar-refractivity contribution in [3.8, 4) is 23.3 Å².